The van der Waals surface area contributed by atoms with Crippen molar-refractivity contribution in [2.45, 2.75) is 45.1 Å². The molecule has 0 spiro atoms. The van der Waals surface area contributed by atoms with Crippen molar-refractivity contribution < 1.29 is 9.53 Å². The highest BCUT2D eigenvalue weighted by Gasteiger charge is 2.53. The Morgan fingerprint density at radius 2 is 2.04 bits per heavy atom. The minimum atomic E-state index is 0.0301. The van der Waals surface area contributed by atoms with Crippen molar-refractivity contribution in [3.8, 4) is 0 Å². The number of hydrogen-bond acceptors (Lipinski definition) is 3. The summed E-state index contributed by atoms with van der Waals surface area (Å²) in [4.78, 5) is 16.9. The molecule has 25 heavy (non-hydrogen) atoms. The van der Waals surface area contributed by atoms with Crippen molar-refractivity contribution in [3.05, 3.63) is 42.2 Å². The number of ether oxygens (including phenoxy) is 1. The van der Waals surface area contributed by atoms with Crippen LogP contribution in [0.3, 0.4) is 0 Å². The van der Waals surface area contributed by atoms with Crippen molar-refractivity contribution in [1.82, 2.24) is 4.98 Å². The lowest BCUT2D eigenvalue weighted by Gasteiger charge is -2.45. The predicted octanol–water partition coefficient (Wildman–Crippen LogP) is 4.74. The minimum absolute atomic E-state index is 0.0301. The number of carbonyl (C=O) groups excluding carboxylic acids is 1. The van der Waals surface area contributed by atoms with Gasteiger partial charge in [0.05, 0.1) is 17.3 Å². The minimum Gasteiger partial charge on any atom is -0.462 e. The fraction of sp³-hybridized carbons (Fsp3) is 0.545. The molecule has 2 aliphatic carbocycles. The van der Waals surface area contributed by atoms with Crippen molar-refractivity contribution in [1.29, 1.82) is 0 Å². The van der Waals surface area contributed by atoms with E-state index in [2.05, 4.69) is 30.6 Å². The fourth-order valence-electron chi connectivity index (χ4n) is 5.47. The SMILES string of the molecule is C=Cc1cccc(C=C[C@@H]2[C@H]3CCCC[C@@H]3C[C@@H]3C(=O)O[C@@H](C)[C@H]23)n1. The van der Waals surface area contributed by atoms with E-state index in [-0.39, 0.29) is 18.0 Å². The van der Waals surface area contributed by atoms with Gasteiger partial charge in [-0.2, -0.15) is 0 Å². The molecule has 0 unspecified atom stereocenters. The molecular weight excluding hydrogens is 310 g/mol. The molecule has 3 aliphatic rings. The zero-order chi connectivity index (χ0) is 17.4. The summed E-state index contributed by atoms with van der Waals surface area (Å²) >= 11 is 0. The molecule has 6 atom stereocenters. The van der Waals surface area contributed by atoms with E-state index in [1.165, 1.54) is 25.7 Å². The van der Waals surface area contributed by atoms with Gasteiger partial charge >= 0.3 is 5.97 Å². The highest BCUT2D eigenvalue weighted by Crippen LogP contribution is 2.53. The van der Waals surface area contributed by atoms with Gasteiger partial charge in [0, 0.05) is 5.92 Å². The van der Waals surface area contributed by atoms with Crippen LogP contribution < -0.4 is 0 Å². The van der Waals surface area contributed by atoms with E-state index >= 15 is 0 Å². The fourth-order valence-corrected chi connectivity index (χ4v) is 5.47. The third-order valence-corrected chi connectivity index (χ3v) is 6.57. The van der Waals surface area contributed by atoms with Gasteiger partial charge in [-0.15, -0.1) is 0 Å². The second-order valence-electron chi connectivity index (χ2n) is 7.90. The maximum Gasteiger partial charge on any atom is 0.309 e. The topological polar surface area (TPSA) is 39.2 Å². The second kappa shape index (κ2) is 6.78. The van der Waals surface area contributed by atoms with Gasteiger partial charge in [0.2, 0.25) is 0 Å². The molecule has 3 heteroatoms. The summed E-state index contributed by atoms with van der Waals surface area (Å²) < 4.78 is 5.63. The third kappa shape index (κ3) is 3.05. The summed E-state index contributed by atoms with van der Waals surface area (Å²) in [6.45, 7) is 5.87. The molecule has 3 fully saturated rings. The maximum absolute atomic E-state index is 12.3. The first kappa shape index (κ1) is 16.6. The van der Waals surface area contributed by atoms with Gasteiger partial charge in [-0.25, -0.2) is 4.98 Å². The number of cyclic esters (lactones) is 1. The second-order valence-corrected chi connectivity index (χ2v) is 7.90. The van der Waals surface area contributed by atoms with Crippen LogP contribution in [0.25, 0.3) is 12.2 Å². The third-order valence-electron chi connectivity index (χ3n) is 6.57. The number of rotatable bonds is 3. The van der Waals surface area contributed by atoms with Gasteiger partial charge in [-0.05, 0) is 61.8 Å². The van der Waals surface area contributed by atoms with Crippen LogP contribution in [0.1, 0.15) is 50.4 Å². The van der Waals surface area contributed by atoms with Gasteiger partial charge in [-0.3, -0.25) is 4.79 Å². The molecule has 1 saturated heterocycles. The van der Waals surface area contributed by atoms with Crippen LogP contribution in [0, 0.1) is 29.6 Å². The van der Waals surface area contributed by atoms with E-state index < -0.39 is 0 Å². The summed E-state index contributed by atoms with van der Waals surface area (Å²) in [5.74, 6) is 2.23. The number of esters is 1. The van der Waals surface area contributed by atoms with Gasteiger partial charge in [-0.1, -0.05) is 38.0 Å². The van der Waals surface area contributed by atoms with Crippen LogP contribution in [0.15, 0.2) is 30.9 Å². The molecule has 0 radical (unpaired) electrons. The Labute approximate surface area is 150 Å². The van der Waals surface area contributed by atoms with Crippen molar-refractivity contribution >= 4 is 18.1 Å². The Balaban J connectivity index is 1.64. The summed E-state index contributed by atoms with van der Waals surface area (Å²) in [5.41, 5.74) is 1.86. The molecule has 1 aromatic rings. The van der Waals surface area contributed by atoms with Crippen molar-refractivity contribution in [3.63, 3.8) is 0 Å². The number of fused-ring (bicyclic) bond motifs is 2. The quantitative estimate of drug-likeness (QED) is 0.748. The average Bonchev–Trinajstić information content (AvgIpc) is 2.93. The van der Waals surface area contributed by atoms with E-state index in [1.54, 1.807) is 6.08 Å². The summed E-state index contributed by atoms with van der Waals surface area (Å²) in [5, 5.41) is 0. The molecule has 0 amide bonds. The Morgan fingerprint density at radius 1 is 1.24 bits per heavy atom. The number of carbonyl (C=O) groups is 1. The first-order valence-electron chi connectivity index (χ1n) is 9.65. The summed E-state index contributed by atoms with van der Waals surface area (Å²) in [7, 11) is 0. The molecule has 1 aromatic heterocycles. The van der Waals surface area contributed by atoms with E-state index in [0.29, 0.717) is 23.7 Å². The van der Waals surface area contributed by atoms with Crippen LogP contribution in [-0.2, 0) is 9.53 Å². The molecular formula is C22H27NO2. The molecule has 1 aliphatic heterocycles. The number of aromatic nitrogens is 1. The maximum atomic E-state index is 12.3. The van der Waals surface area contributed by atoms with Gasteiger partial charge in [0.15, 0.2) is 0 Å². The molecule has 0 aromatic carbocycles. The first-order valence-corrected chi connectivity index (χ1v) is 9.65. The Kier molecular flexibility index (Phi) is 4.49. The molecule has 4 rings (SSSR count). The lowest BCUT2D eigenvalue weighted by atomic mass is 9.57. The van der Waals surface area contributed by atoms with Crippen LogP contribution in [0.5, 0.6) is 0 Å². The Morgan fingerprint density at radius 3 is 2.88 bits per heavy atom. The molecule has 2 saturated carbocycles. The van der Waals surface area contributed by atoms with Crippen LogP contribution >= 0.6 is 0 Å². The normalized spacial score (nSPS) is 37.4. The molecule has 3 nitrogen and oxygen atoms in total. The number of hydrogen-bond donors (Lipinski definition) is 0. The van der Waals surface area contributed by atoms with Crippen LogP contribution in [0.2, 0.25) is 0 Å². The smallest absolute Gasteiger partial charge is 0.309 e. The van der Waals surface area contributed by atoms with E-state index in [0.717, 1.165) is 17.8 Å². The molecule has 0 bridgehead atoms. The molecule has 2 heterocycles. The lowest BCUT2D eigenvalue weighted by Crippen LogP contribution is -2.42. The highest BCUT2D eigenvalue weighted by atomic mass is 16.6. The Hall–Kier alpha value is -1.90. The van der Waals surface area contributed by atoms with Crippen LogP contribution in [-0.4, -0.2) is 17.1 Å². The zero-order valence-corrected chi connectivity index (χ0v) is 14.9. The average molecular weight is 337 g/mol. The van der Waals surface area contributed by atoms with Crippen LogP contribution in [0.4, 0.5) is 0 Å². The van der Waals surface area contributed by atoms with E-state index in [1.807, 2.05) is 18.2 Å². The van der Waals surface area contributed by atoms with Crippen molar-refractivity contribution in [2.24, 2.45) is 29.6 Å². The van der Waals surface area contributed by atoms with E-state index in [9.17, 15) is 4.79 Å². The standard InChI is InChI=1S/C22H27NO2/c1-3-16-8-6-9-17(23-16)11-12-19-18-10-5-4-7-15(18)13-20-21(19)14(2)25-22(20)24/h3,6,8-9,11-12,14-15,18-21H,1,4-5,7,10,13H2,2H3/t14-,15+,18-,19+,20-,21+/m0/s1. The predicted molar refractivity (Wildman–Crippen MR) is 99.5 cm³/mol. The Bertz CT molecular complexity index is 695. The monoisotopic (exact) mass is 337 g/mol. The van der Waals surface area contributed by atoms with Gasteiger partial charge in [0.25, 0.3) is 0 Å². The van der Waals surface area contributed by atoms with E-state index in [4.69, 9.17) is 4.74 Å². The molecule has 132 valence electrons. The number of allylic oxidation sites excluding steroid dienone is 1. The van der Waals surface area contributed by atoms with Gasteiger partial charge in [0.1, 0.15) is 6.10 Å². The number of nitrogens with zero attached hydrogens (tertiary/aromatic N) is 1. The van der Waals surface area contributed by atoms with Crippen molar-refractivity contribution in [2.75, 3.05) is 0 Å². The summed E-state index contributed by atoms with van der Waals surface area (Å²) in [6, 6.07) is 6.01. The number of pyridine rings is 1. The molecule has 0 N–H and O–H groups in total. The largest absolute Gasteiger partial charge is 0.462 e. The zero-order valence-electron chi connectivity index (χ0n) is 14.9. The highest BCUT2D eigenvalue weighted by molar-refractivity contribution is 5.75. The first-order chi connectivity index (χ1) is 12.2. The lowest BCUT2D eigenvalue weighted by molar-refractivity contribution is -0.144. The summed E-state index contributed by atoms with van der Waals surface area (Å²) in [6.07, 6.45) is 12.5. The van der Waals surface area contributed by atoms with Gasteiger partial charge < -0.3 is 4.74 Å².